The summed E-state index contributed by atoms with van der Waals surface area (Å²) in [6.45, 7) is 3.78. The van der Waals surface area contributed by atoms with Crippen molar-refractivity contribution in [1.82, 2.24) is 16.1 Å². The molecule has 4 N–H and O–H groups in total. The molecule has 0 unspecified atom stereocenters. The maximum atomic E-state index is 11.3. The predicted octanol–water partition coefficient (Wildman–Crippen LogP) is -1.35. The first kappa shape index (κ1) is 32.2. The molecule has 0 saturated heterocycles. The second-order valence-electron chi connectivity index (χ2n) is 4.15. The Balaban J connectivity index is -0.000000438. The fraction of sp³-hybridized carbons (Fsp3) is 0.375. The molecule has 1 rings (SSSR count). The number of nitrogens with one attached hydrogen (secondary N) is 1. The SMILES string of the molecule is CCOC(=O)C([C-]=O)=CN=[C-]SC.CCOC(=O)c1cnc(SC)[nH]c1=O.N.[Na+]. The average Bonchev–Trinajstić information content (AvgIpc) is 2.66. The zero-order valence-corrected chi connectivity index (χ0v) is 20.6. The van der Waals surface area contributed by atoms with E-state index in [4.69, 9.17) is 0 Å². The van der Waals surface area contributed by atoms with Gasteiger partial charge in [-0.05, 0) is 26.4 Å². The Labute approximate surface area is 199 Å². The van der Waals surface area contributed by atoms with Crippen molar-refractivity contribution >= 4 is 47.3 Å². The van der Waals surface area contributed by atoms with Crippen LogP contribution in [-0.4, -0.2) is 59.5 Å². The van der Waals surface area contributed by atoms with E-state index in [2.05, 4.69) is 30.0 Å². The normalized spacial score (nSPS) is 10.0. The number of H-pyrrole nitrogens is 1. The molecule has 29 heavy (non-hydrogen) atoms. The van der Waals surface area contributed by atoms with Crippen LogP contribution in [0.25, 0.3) is 0 Å². The van der Waals surface area contributed by atoms with Crippen molar-refractivity contribution in [2.75, 3.05) is 25.7 Å². The quantitative estimate of drug-likeness (QED) is 0.0459. The van der Waals surface area contributed by atoms with E-state index in [0.717, 1.165) is 6.20 Å². The molecule has 0 radical (unpaired) electrons. The van der Waals surface area contributed by atoms with E-state index in [9.17, 15) is 19.2 Å². The number of rotatable bonds is 8. The Morgan fingerprint density at radius 3 is 2.34 bits per heavy atom. The number of aliphatic imine (C=N–C) groups is 1. The van der Waals surface area contributed by atoms with Gasteiger partial charge in [-0.2, -0.15) is 0 Å². The zero-order chi connectivity index (χ0) is 20.7. The van der Waals surface area contributed by atoms with Crippen LogP contribution >= 0.6 is 23.5 Å². The number of hydrogen-bond donors (Lipinski definition) is 2. The van der Waals surface area contributed by atoms with Crippen LogP contribution in [0, 0.1) is 0 Å². The number of esters is 2. The van der Waals surface area contributed by atoms with Gasteiger partial charge in [-0.15, -0.1) is 11.7 Å². The number of ether oxygens (including phenoxy) is 2. The van der Waals surface area contributed by atoms with Crippen molar-refractivity contribution in [2.24, 2.45) is 4.99 Å². The summed E-state index contributed by atoms with van der Waals surface area (Å²) >= 11 is 2.53. The molecule has 1 heterocycles. The van der Waals surface area contributed by atoms with E-state index in [1.165, 1.54) is 36.0 Å². The van der Waals surface area contributed by atoms with E-state index >= 15 is 0 Å². The molecule has 13 heteroatoms. The minimum absolute atomic E-state index is 0. The van der Waals surface area contributed by atoms with Crippen molar-refractivity contribution in [3.63, 3.8) is 0 Å². The summed E-state index contributed by atoms with van der Waals surface area (Å²) in [6.07, 6.45) is 7.27. The average molecular weight is 453 g/mol. The van der Waals surface area contributed by atoms with Crippen molar-refractivity contribution in [3.8, 4) is 0 Å². The molecule has 1 aromatic rings. The van der Waals surface area contributed by atoms with E-state index < -0.39 is 17.5 Å². The third kappa shape index (κ3) is 13.4. The molecule has 0 aliphatic heterocycles. The largest absolute Gasteiger partial charge is 1.00 e. The van der Waals surface area contributed by atoms with Gasteiger partial charge >= 0.3 is 35.5 Å². The van der Waals surface area contributed by atoms with Crippen LogP contribution in [0.15, 0.2) is 32.9 Å². The van der Waals surface area contributed by atoms with E-state index in [1.54, 1.807) is 26.4 Å². The maximum Gasteiger partial charge on any atom is 1.00 e. The van der Waals surface area contributed by atoms with Gasteiger partial charge in [-0.3, -0.25) is 4.79 Å². The smallest absolute Gasteiger partial charge is 0.520 e. The summed E-state index contributed by atoms with van der Waals surface area (Å²) in [4.78, 5) is 53.5. The number of thioether (sulfide) groups is 2. The summed E-state index contributed by atoms with van der Waals surface area (Å²) in [5.41, 5.74) is 1.72. The van der Waals surface area contributed by atoms with Gasteiger partial charge in [-0.25, -0.2) is 21.5 Å². The molecule has 0 fully saturated rings. The van der Waals surface area contributed by atoms with Gasteiger partial charge in [0.15, 0.2) is 5.16 Å². The molecule has 0 aliphatic rings. The number of aromatic nitrogens is 2. The topological polar surface area (TPSA) is 163 Å². The van der Waals surface area contributed by atoms with Gasteiger partial charge in [0.05, 0.1) is 19.5 Å². The van der Waals surface area contributed by atoms with Gasteiger partial charge in [0.25, 0.3) is 5.56 Å². The molecule has 0 bridgehead atoms. The molecular weight excluding hydrogens is 431 g/mol. The Morgan fingerprint density at radius 2 is 1.90 bits per heavy atom. The van der Waals surface area contributed by atoms with Crippen LogP contribution in [0.3, 0.4) is 0 Å². The van der Waals surface area contributed by atoms with Crippen molar-refractivity contribution < 1.29 is 53.4 Å². The molecule has 0 atom stereocenters. The monoisotopic (exact) mass is 453 g/mol. The third-order valence-corrected chi connectivity index (χ3v) is 3.29. The van der Waals surface area contributed by atoms with Crippen LogP contribution in [-0.2, 0) is 19.1 Å². The standard InChI is InChI=1S/C8H10N2O3S.C8H9NO3S.H3N.Na/c1-3-13-7(12)5-4-9-8(14-2)10-6(5)11;1-3-12-8(11)7(5-10)4-9-6-13-2;;/h4H,3H2,1-2H3,(H,9,10,11);4H,3H2,1-2H3;1H3;/q;-2;;+1. The van der Waals surface area contributed by atoms with Crippen LogP contribution in [0.4, 0.5) is 0 Å². The first-order valence-corrected chi connectivity index (χ1v) is 9.93. The molecule has 0 amide bonds. The molecule has 0 saturated carbocycles. The van der Waals surface area contributed by atoms with E-state index in [-0.39, 0.29) is 60.1 Å². The van der Waals surface area contributed by atoms with E-state index in [1.807, 2.05) is 0 Å². The first-order valence-electron chi connectivity index (χ1n) is 7.48. The number of carbonyl (C=O) groups excluding carboxylic acids is 3. The van der Waals surface area contributed by atoms with Crippen molar-refractivity contribution in [3.05, 3.63) is 33.9 Å². The molecule has 0 aliphatic carbocycles. The minimum atomic E-state index is -0.718. The Bertz CT molecular complexity index is 755. The summed E-state index contributed by atoms with van der Waals surface area (Å²) in [5, 5.41) is 0.475. The van der Waals surface area contributed by atoms with Gasteiger partial charge in [0, 0.05) is 6.20 Å². The number of nitrogens with zero attached hydrogens (tertiary/aromatic N) is 2. The Morgan fingerprint density at radius 1 is 1.28 bits per heavy atom. The van der Waals surface area contributed by atoms with Gasteiger partial charge < -0.3 is 35.2 Å². The fourth-order valence-electron chi connectivity index (χ4n) is 1.31. The van der Waals surface area contributed by atoms with Crippen LogP contribution in [0.2, 0.25) is 0 Å². The molecule has 0 spiro atoms. The number of aromatic amines is 1. The molecule has 156 valence electrons. The second-order valence-corrected chi connectivity index (χ2v) is 5.53. The second kappa shape index (κ2) is 19.9. The van der Waals surface area contributed by atoms with Crippen LogP contribution < -0.4 is 41.3 Å². The Hall–Kier alpha value is -1.44. The third-order valence-electron chi connectivity index (χ3n) is 2.41. The summed E-state index contributed by atoms with van der Waals surface area (Å²) in [6, 6.07) is 0. The first-order chi connectivity index (χ1) is 12.9. The minimum Gasteiger partial charge on any atom is -0.520 e. The van der Waals surface area contributed by atoms with Gasteiger partial charge in [-0.1, -0.05) is 17.3 Å². The van der Waals surface area contributed by atoms with Crippen molar-refractivity contribution in [2.45, 2.75) is 19.0 Å². The van der Waals surface area contributed by atoms with Crippen LogP contribution in [0.1, 0.15) is 24.2 Å². The molecular formula is C16H22N4NaO6S2-. The van der Waals surface area contributed by atoms with Crippen molar-refractivity contribution in [1.29, 1.82) is 0 Å². The van der Waals surface area contributed by atoms with Crippen LogP contribution in [0.5, 0.6) is 0 Å². The molecule has 0 aromatic carbocycles. The van der Waals surface area contributed by atoms with Gasteiger partial charge in [0.2, 0.25) is 5.97 Å². The predicted molar refractivity (Wildman–Crippen MR) is 109 cm³/mol. The summed E-state index contributed by atoms with van der Waals surface area (Å²) in [5.74, 6) is -1.36. The van der Waals surface area contributed by atoms with E-state index in [0.29, 0.717) is 5.16 Å². The summed E-state index contributed by atoms with van der Waals surface area (Å²) in [7, 11) is 0. The fourth-order valence-corrected chi connectivity index (χ4v) is 1.82. The summed E-state index contributed by atoms with van der Waals surface area (Å²) < 4.78 is 9.24. The number of hydrogen-bond acceptors (Lipinski definition) is 11. The molecule has 10 nitrogen and oxygen atoms in total. The van der Waals surface area contributed by atoms with Gasteiger partial charge in [0.1, 0.15) is 5.56 Å². The molecule has 1 aromatic heterocycles. The maximum absolute atomic E-state index is 11.3. The Kier molecular flexibility index (Phi) is 22.1. The zero-order valence-electron chi connectivity index (χ0n) is 16.9. The number of carbonyl (C=O) groups is 2.